The molecule has 0 spiro atoms. The van der Waals surface area contributed by atoms with Gasteiger partial charge in [0.1, 0.15) is 23.9 Å². The van der Waals surface area contributed by atoms with Gasteiger partial charge in [-0.25, -0.2) is 0 Å². The Morgan fingerprint density at radius 3 is 2.72 bits per heavy atom. The second kappa shape index (κ2) is 4.87. The Labute approximate surface area is 102 Å². The highest BCUT2D eigenvalue weighted by atomic mass is 19.1. The molecule has 1 aromatic carbocycles. The molecule has 6 heteroatoms. The number of hydrogen-bond donors (Lipinski definition) is 0. The summed E-state index contributed by atoms with van der Waals surface area (Å²) in [6, 6.07) is 6.93. The Kier molecular flexibility index (Phi) is 3.27. The number of halogens is 1. The Hall–Kier alpha value is -2.37. The van der Waals surface area contributed by atoms with Gasteiger partial charge in [-0.2, -0.15) is 4.39 Å². The lowest BCUT2D eigenvalue weighted by Gasteiger charge is -2.04. The van der Waals surface area contributed by atoms with Crippen molar-refractivity contribution in [2.75, 3.05) is 0 Å². The van der Waals surface area contributed by atoms with E-state index in [0.717, 1.165) is 17.9 Å². The number of nitro groups is 1. The smallest absolute Gasteiger partial charge is 0.305 e. The van der Waals surface area contributed by atoms with Crippen molar-refractivity contribution in [2.45, 2.75) is 13.5 Å². The van der Waals surface area contributed by atoms with E-state index in [9.17, 15) is 14.5 Å². The molecule has 0 N–H and O–H groups in total. The average molecular weight is 251 g/mol. The van der Waals surface area contributed by atoms with Gasteiger partial charge in [0.25, 0.3) is 0 Å². The van der Waals surface area contributed by atoms with Gasteiger partial charge < -0.3 is 9.15 Å². The molecule has 0 unspecified atom stereocenters. The fourth-order valence-electron chi connectivity index (χ4n) is 1.44. The minimum Gasteiger partial charge on any atom is -0.486 e. The first-order valence-electron chi connectivity index (χ1n) is 5.18. The van der Waals surface area contributed by atoms with Crippen LogP contribution < -0.4 is 4.74 Å². The fourth-order valence-corrected chi connectivity index (χ4v) is 1.44. The van der Waals surface area contributed by atoms with Crippen LogP contribution in [0, 0.1) is 22.9 Å². The van der Waals surface area contributed by atoms with Gasteiger partial charge in [-0.15, -0.1) is 0 Å². The third kappa shape index (κ3) is 2.65. The van der Waals surface area contributed by atoms with Gasteiger partial charge in [-0.3, -0.25) is 10.1 Å². The highest BCUT2D eigenvalue weighted by Gasteiger charge is 2.14. The second-order valence-corrected chi connectivity index (χ2v) is 3.67. The Bertz CT molecular complexity index is 579. The van der Waals surface area contributed by atoms with Crippen LogP contribution in [-0.4, -0.2) is 4.92 Å². The van der Waals surface area contributed by atoms with E-state index >= 15 is 0 Å². The van der Waals surface area contributed by atoms with Crippen molar-refractivity contribution in [3.63, 3.8) is 0 Å². The maximum atomic E-state index is 13.3. The monoisotopic (exact) mass is 251 g/mol. The van der Waals surface area contributed by atoms with Gasteiger partial charge in [0.15, 0.2) is 0 Å². The Balaban J connectivity index is 2.06. The average Bonchev–Trinajstić information content (AvgIpc) is 2.72. The van der Waals surface area contributed by atoms with E-state index in [1.165, 1.54) is 6.07 Å². The first-order chi connectivity index (χ1) is 8.56. The lowest BCUT2D eigenvalue weighted by molar-refractivity contribution is -0.387. The van der Waals surface area contributed by atoms with Gasteiger partial charge in [0.2, 0.25) is 5.82 Å². The van der Waals surface area contributed by atoms with Crippen molar-refractivity contribution < 1.29 is 18.5 Å². The molecular weight excluding hydrogens is 241 g/mol. The highest BCUT2D eigenvalue weighted by molar-refractivity contribution is 5.37. The molecule has 5 nitrogen and oxygen atoms in total. The van der Waals surface area contributed by atoms with Crippen molar-refractivity contribution in [1.29, 1.82) is 0 Å². The third-order valence-corrected chi connectivity index (χ3v) is 2.29. The van der Waals surface area contributed by atoms with Crippen LogP contribution in [0.1, 0.15) is 11.5 Å². The largest absolute Gasteiger partial charge is 0.486 e. The molecule has 2 aromatic rings. The maximum Gasteiger partial charge on any atom is 0.305 e. The van der Waals surface area contributed by atoms with Crippen molar-refractivity contribution in [3.8, 4) is 5.75 Å². The summed E-state index contributed by atoms with van der Waals surface area (Å²) in [6.07, 6.45) is 0. The summed E-state index contributed by atoms with van der Waals surface area (Å²) in [7, 11) is 0. The molecule has 94 valence electrons. The van der Waals surface area contributed by atoms with Gasteiger partial charge in [0, 0.05) is 12.1 Å². The highest BCUT2D eigenvalue weighted by Crippen LogP contribution is 2.23. The van der Waals surface area contributed by atoms with Crippen LogP contribution in [0.25, 0.3) is 0 Å². The zero-order valence-electron chi connectivity index (χ0n) is 9.55. The standard InChI is InChI=1S/C12H10FNO4/c1-8-2-3-10(18-8)7-17-9-4-5-12(14(15)16)11(13)6-9/h2-6H,7H2,1H3. The molecule has 0 saturated heterocycles. The first kappa shape index (κ1) is 12.1. The molecule has 2 rings (SSSR count). The summed E-state index contributed by atoms with van der Waals surface area (Å²) in [5, 5.41) is 10.4. The van der Waals surface area contributed by atoms with Crippen LogP contribution in [0.15, 0.2) is 34.7 Å². The van der Waals surface area contributed by atoms with Crippen LogP contribution in [0.4, 0.5) is 10.1 Å². The summed E-state index contributed by atoms with van der Waals surface area (Å²) in [6.45, 7) is 1.94. The van der Waals surface area contributed by atoms with Crippen molar-refractivity contribution in [2.24, 2.45) is 0 Å². The Morgan fingerprint density at radius 2 is 2.17 bits per heavy atom. The SMILES string of the molecule is Cc1ccc(COc2ccc([N+](=O)[O-])c(F)c2)o1. The molecule has 0 aliphatic heterocycles. The molecule has 0 amide bonds. The van der Waals surface area contributed by atoms with Crippen LogP contribution in [-0.2, 0) is 6.61 Å². The molecule has 18 heavy (non-hydrogen) atoms. The summed E-state index contributed by atoms with van der Waals surface area (Å²) in [5.74, 6) is 0.648. The second-order valence-electron chi connectivity index (χ2n) is 3.67. The summed E-state index contributed by atoms with van der Waals surface area (Å²) < 4.78 is 23.8. The van der Waals surface area contributed by atoms with Gasteiger partial charge >= 0.3 is 5.69 Å². The molecule has 0 saturated carbocycles. The van der Waals surface area contributed by atoms with E-state index in [4.69, 9.17) is 9.15 Å². The zero-order valence-corrected chi connectivity index (χ0v) is 9.55. The predicted molar refractivity (Wildman–Crippen MR) is 60.8 cm³/mol. The van der Waals surface area contributed by atoms with E-state index in [1.807, 2.05) is 0 Å². The summed E-state index contributed by atoms with van der Waals surface area (Å²) >= 11 is 0. The number of aryl methyl sites for hydroxylation is 1. The quantitative estimate of drug-likeness (QED) is 0.618. The number of nitrogens with zero attached hydrogens (tertiary/aromatic N) is 1. The molecule has 0 radical (unpaired) electrons. The molecule has 0 aliphatic rings. The number of hydrogen-bond acceptors (Lipinski definition) is 4. The van der Waals surface area contributed by atoms with Gasteiger partial charge in [-0.05, 0) is 25.1 Å². The third-order valence-electron chi connectivity index (χ3n) is 2.29. The van der Waals surface area contributed by atoms with E-state index in [2.05, 4.69) is 0 Å². The first-order valence-corrected chi connectivity index (χ1v) is 5.18. The van der Waals surface area contributed by atoms with E-state index in [0.29, 0.717) is 5.76 Å². The number of benzene rings is 1. The van der Waals surface area contributed by atoms with Gasteiger partial charge in [-0.1, -0.05) is 0 Å². The lowest BCUT2D eigenvalue weighted by atomic mass is 10.3. The van der Waals surface area contributed by atoms with E-state index in [1.54, 1.807) is 19.1 Å². The minimum atomic E-state index is -0.923. The van der Waals surface area contributed by atoms with Crippen molar-refractivity contribution in [1.82, 2.24) is 0 Å². The Morgan fingerprint density at radius 1 is 1.39 bits per heavy atom. The molecule has 0 aliphatic carbocycles. The summed E-state index contributed by atoms with van der Waals surface area (Å²) in [4.78, 5) is 9.64. The molecule has 0 fully saturated rings. The van der Waals surface area contributed by atoms with Crippen molar-refractivity contribution >= 4 is 5.69 Å². The van der Waals surface area contributed by atoms with Gasteiger partial charge in [0.05, 0.1) is 4.92 Å². The van der Waals surface area contributed by atoms with E-state index < -0.39 is 16.4 Å². The normalized spacial score (nSPS) is 10.3. The number of furan rings is 1. The minimum absolute atomic E-state index is 0.144. The van der Waals surface area contributed by atoms with Crippen molar-refractivity contribution in [3.05, 3.63) is 57.8 Å². The fraction of sp³-hybridized carbons (Fsp3) is 0.167. The molecule has 1 heterocycles. The topological polar surface area (TPSA) is 65.5 Å². The van der Waals surface area contributed by atoms with Crippen LogP contribution in [0.5, 0.6) is 5.75 Å². The number of rotatable bonds is 4. The molecular formula is C12H10FNO4. The number of nitro benzene ring substituents is 1. The maximum absolute atomic E-state index is 13.3. The zero-order chi connectivity index (χ0) is 13.1. The lowest BCUT2D eigenvalue weighted by Crippen LogP contribution is -1.96. The van der Waals surface area contributed by atoms with Crippen LogP contribution in [0.2, 0.25) is 0 Å². The van der Waals surface area contributed by atoms with Crippen LogP contribution in [0.3, 0.4) is 0 Å². The van der Waals surface area contributed by atoms with Crippen LogP contribution >= 0.6 is 0 Å². The molecule has 1 aromatic heterocycles. The summed E-state index contributed by atoms with van der Waals surface area (Å²) in [5.41, 5.74) is -0.573. The number of ether oxygens (including phenoxy) is 1. The molecule has 0 atom stereocenters. The van der Waals surface area contributed by atoms with E-state index in [-0.39, 0.29) is 12.4 Å². The molecule has 0 bridgehead atoms. The predicted octanol–water partition coefficient (Wildman–Crippen LogP) is 3.21.